The van der Waals surface area contributed by atoms with Gasteiger partial charge in [0.1, 0.15) is 17.4 Å². The summed E-state index contributed by atoms with van der Waals surface area (Å²) < 4.78 is 33.6. The van der Waals surface area contributed by atoms with Crippen LogP contribution in [0.3, 0.4) is 0 Å². The summed E-state index contributed by atoms with van der Waals surface area (Å²) in [5.41, 5.74) is 1.15. The highest BCUT2D eigenvalue weighted by molar-refractivity contribution is 9.11. The zero-order valence-electron chi connectivity index (χ0n) is 11.4. The molecule has 0 saturated heterocycles. The Kier molecular flexibility index (Phi) is 5.22. The predicted molar refractivity (Wildman–Crippen MR) is 86.8 cm³/mol. The van der Waals surface area contributed by atoms with Crippen molar-refractivity contribution >= 4 is 37.5 Å². The molecule has 1 unspecified atom stereocenters. The maximum absolute atomic E-state index is 13.8. The first-order valence-electron chi connectivity index (χ1n) is 6.17. The molecule has 21 heavy (non-hydrogen) atoms. The number of benzene rings is 2. The van der Waals surface area contributed by atoms with E-state index in [0.29, 0.717) is 11.3 Å². The zero-order chi connectivity index (χ0) is 15.6. The highest BCUT2D eigenvalue weighted by atomic mass is 79.9. The molecule has 0 bridgehead atoms. The molecule has 1 atom stereocenters. The van der Waals surface area contributed by atoms with E-state index in [2.05, 4.69) is 37.2 Å². The van der Waals surface area contributed by atoms with E-state index in [1.165, 1.54) is 12.1 Å². The van der Waals surface area contributed by atoms with E-state index in [1.807, 2.05) is 6.07 Å². The van der Waals surface area contributed by atoms with Crippen LogP contribution >= 0.6 is 31.9 Å². The largest absolute Gasteiger partial charge is 0.495 e. The van der Waals surface area contributed by atoms with Crippen LogP contribution in [-0.4, -0.2) is 7.11 Å². The van der Waals surface area contributed by atoms with Crippen molar-refractivity contribution in [2.45, 2.75) is 13.0 Å². The van der Waals surface area contributed by atoms with E-state index >= 15 is 0 Å². The van der Waals surface area contributed by atoms with Crippen LogP contribution in [0.1, 0.15) is 18.5 Å². The lowest BCUT2D eigenvalue weighted by molar-refractivity contribution is 0.412. The lowest BCUT2D eigenvalue weighted by atomic mass is 10.1. The van der Waals surface area contributed by atoms with Crippen LogP contribution in [-0.2, 0) is 0 Å². The van der Waals surface area contributed by atoms with E-state index in [1.54, 1.807) is 20.1 Å². The molecule has 0 radical (unpaired) electrons. The third kappa shape index (κ3) is 3.74. The number of ether oxygens (including phenoxy) is 1. The molecule has 0 saturated carbocycles. The Bertz CT molecular complexity index is 664. The van der Waals surface area contributed by atoms with Crippen molar-refractivity contribution in [3.8, 4) is 5.75 Å². The van der Waals surface area contributed by atoms with Gasteiger partial charge in [-0.3, -0.25) is 0 Å². The Labute approximate surface area is 138 Å². The third-order valence-corrected chi connectivity index (χ3v) is 4.32. The van der Waals surface area contributed by atoms with Gasteiger partial charge in [0.2, 0.25) is 0 Å². The number of anilines is 1. The Morgan fingerprint density at radius 1 is 1.10 bits per heavy atom. The second-order valence-corrected chi connectivity index (χ2v) is 6.21. The highest BCUT2D eigenvalue weighted by Gasteiger charge is 2.14. The van der Waals surface area contributed by atoms with Crippen molar-refractivity contribution in [2.75, 3.05) is 12.4 Å². The van der Waals surface area contributed by atoms with Gasteiger partial charge in [0.05, 0.1) is 23.3 Å². The van der Waals surface area contributed by atoms with Gasteiger partial charge in [-0.25, -0.2) is 8.78 Å². The quantitative estimate of drug-likeness (QED) is 0.687. The summed E-state index contributed by atoms with van der Waals surface area (Å²) >= 11 is 6.83. The van der Waals surface area contributed by atoms with Crippen LogP contribution in [0.2, 0.25) is 0 Å². The normalized spacial score (nSPS) is 12.1. The van der Waals surface area contributed by atoms with Gasteiger partial charge in [0.15, 0.2) is 0 Å². The SMILES string of the molecule is COc1cc(NC(C)c2ccc(F)cc2F)c(Br)cc1Br. The molecule has 0 aliphatic heterocycles. The number of hydrogen-bond acceptors (Lipinski definition) is 2. The van der Waals surface area contributed by atoms with Gasteiger partial charge in [-0.2, -0.15) is 0 Å². The Morgan fingerprint density at radius 3 is 2.43 bits per heavy atom. The maximum atomic E-state index is 13.8. The van der Waals surface area contributed by atoms with E-state index in [9.17, 15) is 8.78 Å². The Balaban J connectivity index is 2.29. The van der Waals surface area contributed by atoms with Crippen molar-refractivity contribution in [3.63, 3.8) is 0 Å². The van der Waals surface area contributed by atoms with Gasteiger partial charge in [0, 0.05) is 22.2 Å². The lowest BCUT2D eigenvalue weighted by Crippen LogP contribution is -2.09. The predicted octanol–water partition coefficient (Wildman–Crippen LogP) is 5.67. The monoisotopic (exact) mass is 419 g/mol. The summed E-state index contributed by atoms with van der Waals surface area (Å²) in [4.78, 5) is 0. The summed E-state index contributed by atoms with van der Waals surface area (Å²) in [6.45, 7) is 1.80. The number of rotatable bonds is 4. The van der Waals surface area contributed by atoms with Gasteiger partial charge < -0.3 is 10.1 Å². The molecule has 2 nitrogen and oxygen atoms in total. The molecule has 1 N–H and O–H groups in total. The minimum atomic E-state index is -0.588. The molecule has 0 spiro atoms. The smallest absolute Gasteiger partial charge is 0.135 e. The third-order valence-electron chi connectivity index (χ3n) is 3.04. The molecule has 112 valence electrons. The fraction of sp³-hybridized carbons (Fsp3) is 0.200. The molecule has 0 heterocycles. The van der Waals surface area contributed by atoms with E-state index in [0.717, 1.165) is 20.7 Å². The van der Waals surface area contributed by atoms with Crippen molar-refractivity contribution < 1.29 is 13.5 Å². The van der Waals surface area contributed by atoms with Gasteiger partial charge >= 0.3 is 0 Å². The number of nitrogens with one attached hydrogen (secondary N) is 1. The first-order chi connectivity index (χ1) is 9.92. The molecular weight excluding hydrogens is 408 g/mol. The first-order valence-corrected chi connectivity index (χ1v) is 7.75. The zero-order valence-corrected chi connectivity index (χ0v) is 14.6. The van der Waals surface area contributed by atoms with Crippen LogP contribution in [0.4, 0.5) is 14.5 Å². The van der Waals surface area contributed by atoms with Gasteiger partial charge in [-0.15, -0.1) is 0 Å². The molecule has 0 aromatic heterocycles. The van der Waals surface area contributed by atoms with E-state index in [-0.39, 0.29) is 6.04 Å². The van der Waals surface area contributed by atoms with Gasteiger partial charge in [-0.1, -0.05) is 6.07 Å². The van der Waals surface area contributed by atoms with Crippen LogP contribution in [0.5, 0.6) is 5.75 Å². The van der Waals surface area contributed by atoms with Crippen molar-refractivity contribution in [2.24, 2.45) is 0 Å². The molecule has 0 aliphatic rings. The second kappa shape index (κ2) is 6.75. The average Bonchev–Trinajstić information content (AvgIpc) is 2.41. The highest BCUT2D eigenvalue weighted by Crippen LogP contribution is 2.36. The summed E-state index contributed by atoms with van der Waals surface area (Å²) in [5.74, 6) is -0.502. The first kappa shape index (κ1) is 16.2. The van der Waals surface area contributed by atoms with Gasteiger partial charge in [0.25, 0.3) is 0 Å². The fourth-order valence-electron chi connectivity index (χ4n) is 1.96. The van der Waals surface area contributed by atoms with Gasteiger partial charge in [-0.05, 0) is 50.9 Å². The van der Waals surface area contributed by atoms with Crippen LogP contribution in [0.15, 0.2) is 39.3 Å². The summed E-state index contributed by atoms with van der Waals surface area (Å²) in [6.07, 6.45) is 0. The van der Waals surface area contributed by atoms with Crippen LogP contribution in [0.25, 0.3) is 0 Å². The molecule has 0 fully saturated rings. The minimum Gasteiger partial charge on any atom is -0.495 e. The van der Waals surface area contributed by atoms with Crippen LogP contribution in [0, 0.1) is 11.6 Å². The number of methoxy groups -OCH3 is 1. The molecule has 0 amide bonds. The maximum Gasteiger partial charge on any atom is 0.135 e. The number of hydrogen-bond donors (Lipinski definition) is 1. The molecule has 2 rings (SSSR count). The van der Waals surface area contributed by atoms with Crippen molar-refractivity contribution in [1.82, 2.24) is 0 Å². The van der Waals surface area contributed by atoms with Crippen molar-refractivity contribution in [1.29, 1.82) is 0 Å². The Morgan fingerprint density at radius 2 is 1.81 bits per heavy atom. The van der Waals surface area contributed by atoms with Crippen LogP contribution < -0.4 is 10.1 Å². The average molecular weight is 421 g/mol. The van der Waals surface area contributed by atoms with E-state index in [4.69, 9.17) is 4.74 Å². The summed E-state index contributed by atoms with van der Waals surface area (Å²) in [7, 11) is 1.57. The Hall–Kier alpha value is -1.14. The molecule has 2 aromatic rings. The minimum absolute atomic E-state index is 0.326. The molecule has 6 heteroatoms. The standard InChI is InChI=1S/C15H13Br2F2NO/c1-8(10-4-3-9(18)5-13(10)19)20-14-7-15(21-2)12(17)6-11(14)16/h3-8,20H,1-2H3. The lowest BCUT2D eigenvalue weighted by Gasteiger charge is -2.18. The molecule has 2 aromatic carbocycles. The summed E-state index contributed by atoms with van der Waals surface area (Å²) in [6, 6.07) is 6.87. The number of halogens is 4. The fourth-order valence-corrected chi connectivity index (χ4v) is 3.23. The van der Waals surface area contributed by atoms with E-state index < -0.39 is 11.6 Å². The van der Waals surface area contributed by atoms with Crippen molar-refractivity contribution in [3.05, 3.63) is 56.5 Å². The molecular formula is C15H13Br2F2NO. The summed E-state index contributed by atoms with van der Waals surface area (Å²) in [5, 5.41) is 3.18. The second-order valence-electron chi connectivity index (χ2n) is 4.50. The topological polar surface area (TPSA) is 21.3 Å². The molecule has 0 aliphatic carbocycles.